The van der Waals surface area contributed by atoms with Gasteiger partial charge in [-0.1, -0.05) is 39.0 Å². The Morgan fingerprint density at radius 3 is 2.31 bits per heavy atom. The van der Waals surface area contributed by atoms with E-state index in [9.17, 15) is 0 Å². The maximum absolute atomic E-state index is 5.55. The lowest BCUT2D eigenvalue weighted by Gasteiger charge is -2.06. The maximum Gasteiger partial charge on any atom is 0.0614 e. The predicted octanol–water partition coefficient (Wildman–Crippen LogP) is 2.71. The summed E-state index contributed by atoms with van der Waals surface area (Å²) in [6, 6.07) is 0.181. The molecule has 0 fully saturated rings. The number of rotatable bonds is 9. The Kier molecular flexibility index (Phi) is 9.94. The first-order valence-corrected chi connectivity index (χ1v) is 5.60. The van der Waals surface area contributed by atoms with Crippen LogP contribution in [0.4, 0.5) is 0 Å². The van der Waals surface area contributed by atoms with Crippen molar-refractivity contribution in [3.63, 3.8) is 0 Å². The third-order valence-corrected chi connectivity index (χ3v) is 2.02. The molecule has 0 bridgehead atoms. The van der Waals surface area contributed by atoms with Gasteiger partial charge in [0.05, 0.1) is 6.61 Å². The van der Waals surface area contributed by atoms with Crippen molar-refractivity contribution in [3.8, 4) is 0 Å². The van der Waals surface area contributed by atoms with Crippen LogP contribution in [0.5, 0.6) is 0 Å². The summed E-state index contributed by atoms with van der Waals surface area (Å²) in [5.74, 6) is 0. The van der Waals surface area contributed by atoms with Gasteiger partial charge in [0.25, 0.3) is 0 Å². The third-order valence-electron chi connectivity index (χ3n) is 2.02. The second-order valence-corrected chi connectivity index (χ2v) is 3.82. The highest BCUT2D eigenvalue weighted by Crippen LogP contribution is 2.04. The Balaban J connectivity index is 2.84. The van der Waals surface area contributed by atoms with E-state index in [1.54, 1.807) is 0 Å². The summed E-state index contributed by atoms with van der Waals surface area (Å²) in [6.45, 7) is 5.80. The first kappa shape index (κ1) is 12.9. The highest BCUT2D eigenvalue weighted by molar-refractivity contribution is 4.49. The largest absolute Gasteiger partial charge is 0.380 e. The van der Waals surface area contributed by atoms with Crippen LogP contribution in [-0.4, -0.2) is 19.3 Å². The molecule has 0 aromatic rings. The molecule has 0 heterocycles. The van der Waals surface area contributed by atoms with Crippen molar-refractivity contribution in [2.75, 3.05) is 13.2 Å². The number of nitrogens with two attached hydrogens (primary N) is 1. The molecule has 0 aromatic carbocycles. The van der Waals surface area contributed by atoms with Crippen LogP contribution in [0.1, 0.15) is 52.4 Å². The predicted molar refractivity (Wildman–Crippen MR) is 57.8 cm³/mol. The lowest BCUT2D eigenvalue weighted by atomic mass is 10.1. The molecule has 1 atom stereocenters. The standard InChI is InChI=1S/C11H25NO/c1-3-4-5-6-7-8-9-13-10-11(2)12/h11H,3-10,12H2,1-2H3. The molecule has 0 saturated carbocycles. The van der Waals surface area contributed by atoms with E-state index < -0.39 is 0 Å². The SMILES string of the molecule is CCCCCCCCOCC(C)N. The highest BCUT2D eigenvalue weighted by Gasteiger charge is 1.93. The van der Waals surface area contributed by atoms with Crippen LogP contribution in [-0.2, 0) is 4.74 Å². The molecule has 0 amide bonds. The van der Waals surface area contributed by atoms with Gasteiger partial charge in [-0.2, -0.15) is 0 Å². The van der Waals surface area contributed by atoms with Gasteiger partial charge in [-0.25, -0.2) is 0 Å². The van der Waals surface area contributed by atoms with Crippen LogP contribution >= 0.6 is 0 Å². The zero-order valence-electron chi connectivity index (χ0n) is 9.22. The molecule has 13 heavy (non-hydrogen) atoms. The maximum atomic E-state index is 5.55. The molecular weight excluding hydrogens is 162 g/mol. The molecule has 80 valence electrons. The average molecular weight is 187 g/mol. The molecular formula is C11H25NO. The summed E-state index contributed by atoms with van der Waals surface area (Å²) in [7, 11) is 0. The van der Waals surface area contributed by atoms with Crippen LogP contribution in [0.15, 0.2) is 0 Å². The Bertz CT molecular complexity index is 94.1. The highest BCUT2D eigenvalue weighted by atomic mass is 16.5. The first-order chi connectivity index (χ1) is 6.27. The molecule has 2 N–H and O–H groups in total. The molecule has 0 radical (unpaired) electrons. The van der Waals surface area contributed by atoms with Gasteiger partial charge >= 0.3 is 0 Å². The van der Waals surface area contributed by atoms with Gasteiger partial charge in [0.2, 0.25) is 0 Å². The van der Waals surface area contributed by atoms with Gasteiger partial charge in [-0.05, 0) is 13.3 Å². The van der Waals surface area contributed by atoms with Crippen molar-refractivity contribution in [1.82, 2.24) is 0 Å². The number of unbranched alkanes of at least 4 members (excludes halogenated alkanes) is 5. The lowest BCUT2D eigenvalue weighted by Crippen LogP contribution is -2.22. The van der Waals surface area contributed by atoms with E-state index in [0.717, 1.165) is 6.61 Å². The van der Waals surface area contributed by atoms with Gasteiger partial charge in [0.15, 0.2) is 0 Å². The molecule has 0 aliphatic carbocycles. The number of hydrogen-bond donors (Lipinski definition) is 1. The van der Waals surface area contributed by atoms with E-state index in [1.165, 1.54) is 38.5 Å². The summed E-state index contributed by atoms with van der Waals surface area (Å²) < 4.78 is 5.38. The van der Waals surface area contributed by atoms with Crippen molar-refractivity contribution in [2.45, 2.75) is 58.4 Å². The Morgan fingerprint density at radius 1 is 1.08 bits per heavy atom. The zero-order valence-corrected chi connectivity index (χ0v) is 9.22. The molecule has 0 rings (SSSR count). The number of ether oxygens (including phenoxy) is 1. The second-order valence-electron chi connectivity index (χ2n) is 3.82. The third kappa shape index (κ3) is 11.9. The van der Waals surface area contributed by atoms with Crippen molar-refractivity contribution in [2.24, 2.45) is 5.73 Å². The minimum Gasteiger partial charge on any atom is -0.380 e. The average Bonchev–Trinajstić information content (AvgIpc) is 2.09. The summed E-state index contributed by atoms with van der Waals surface area (Å²) in [6.07, 6.45) is 7.93. The van der Waals surface area contributed by atoms with Gasteiger partial charge < -0.3 is 10.5 Å². The van der Waals surface area contributed by atoms with Crippen molar-refractivity contribution in [3.05, 3.63) is 0 Å². The molecule has 0 saturated heterocycles. The molecule has 2 nitrogen and oxygen atoms in total. The Hall–Kier alpha value is -0.0800. The van der Waals surface area contributed by atoms with Gasteiger partial charge in [-0.15, -0.1) is 0 Å². The van der Waals surface area contributed by atoms with Gasteiger partial charge in [0.1, 0.15) is 0 Å². The lowest BCUT2D eigenvalue weighted by molar-refractivity contribution is 0.120. The van der Waals surface area contributed by atoms with Crippen LogP contribution in [0.2, 0.25) is 0 Å². The fraction of sp³-hybridized carbons (Fsp3) is 1.00. The molecule has 0 aromatic heterocycles. The fourth-order valence-corrected chi connectivity index (χ4v) is 1.25. The van der Waals surface area contributed by atoms with Crippen molar-refractivity contribution in [1.29, 1.82) is 0 Å². The summed E-state index contributed by atoms with van der Waals surface area (Å²) in [5, 5.41) is 0. The van der Waals surface area contributed by atoms with Crippen LogP contribution in [0.3, 0.4) is 0 Å². The van der Waals surface area contributed by atoms with E-state index >= 15 is 0 Å². The molecule has 0 aliphatic heterocycles. The minimum atomic E-state index is 0.181. The van der Waals surface area contributed by atoms with Crippen LogP contribution in [0, 0.1) is 0 Å². The zero-order chi connectivity index (χ0) is 9.94. The van der Waals surface area contributed by atoms with Crippen molar-refractivity contribution >= 4 is 0 Å². The summed E-state index contributed by atoms with van der Waals surface area (Å²) in [5.41, 5.74) is 5.55. The van der Waals surface area contributed by atoms with Crippen LogP contribution < -0.4 is 5.73 Å². The first-order valence-electron chi connectivity index (χ1n) is 5.60. The van der Waals surface area contributed by atoms with E-state index in [-0.39, 0.29) is 6.04 Å². The second kappa shape index (κ2) is 10.0. The fourth-order valence-electron chi connectivity index (χ4n) is 1.25. The van der Waals surface area contributed by atoms with E-state index in [0.29, 0.717) is 6.61 Å². The van der Waals surface area contributed by atoms with Gasteiger partial charge in [0, 0.05) is 12.6 Å². The van der Waals surface area contributed by atoms with E-state index in [2.05, 4.69) is 6.92 Å². The van der Waals surface area contributed by atoms with E-state index in [1.807, 2.05) is 6.92 Å². The smallest absolute Gasteiger partial charge is 0.0614 e. The summed E-state index contributed by atoms with van der Waals surface area (Å²) in [4.78, 5) is 0. The van der Waals surface area contributed by atoms with E-state index in [4.69, 9.17) is 10.5 Å². The monoisotopic (exact) mass is 187 g/mol. The minimum absolute atomic E-state index is 0.181. The molecule has 0 spiro atoms. The molecule has 0 aliphatic rings. The quantitative estimate of drug-likeness (QED) is 0.563. The Labute approximate surface area is 82.8 Å². The van der Waals surface area contributed by atoms with Crippen LogP contribution in [0.25, 0.3) is 0 Å². The summed E-state index contributed by atoms with van der Waals surface area (Å²) >= 11 is 0. The number of hydrogen-bond acceptors (Lipinski definition) is 2. The molecule has 1 unspecified atom stereocenters. The van der Waals surface area contributed by atoms with Gasteiger partial charge in [-0.3, -0.25) is 0 Å². The normalized spacial score (nSPS) is 13.2. The Morgan fingerprint density at radius 2 is 1.69 bits per heavy atom. The topological polar surface area (TPSA) is 35.2 Å². The van der Waals surface area contributed by atoms with Crippen molar-refractivity contribution < 1.29 is 4.74 Å². The molecule has 2 heteroatoms.